The molecule has 9 heteroatoms. The third-order valence-corrected chi connectivity index (χ3v) is 5.65. The lowest BCUT2D eigenvalue weighted by atomic mass is 9.78. The average Bonchev–Trinajstić information content (AvgIpc) is 3.09. The minimum atomic E-state index is -0.419. The number of fused-ring (bicyclic) bond motifs is 1. The van der Waals surface area contributed by atoms with E-state index < -0.39 is 5.75 Å². The predicted octanol–water partition coefficient (Wildman–Crippen LogP) is 2.68. The van der Waals surface area contributed by atoms with Crippen LogP contribution in [0, 0.1) is 6.92 Å². The van der Waals surface area contributed by atoms with E-state index in [1.54, 1.807) is 6.20 Å². The summed E-state index contributed by atoms with van der Waals surface area (Å²) in [5.74, 6) is 0.609. The Bertz CT molecular complexity index is 1340. The van der Waals surface area contributed by atoms with Crippen molar-refractivity contribution in [3.05, 3.63) is 59.6 Å². The van der Waals surface area contributed by atoms with Crippen LogP contribution in [0.2, 0.25) is 5.02 Å². The van der Waals surface area contributed by atoms with Crippen molar-refractivity contribution in [1.82, 2.24) is 14.5 Å². The number of nitrogens with one attached hydrogen (secondary N) is 1. The molecule has 0 aliphatic rings. The number of aromatic nitrogens is 3. The molecule has 150 valence electrons. The number of anilines is 1. The lowest BCUT2D eigenvalue weighted by molar-refractivity contribution is 0.466. The highest BCUT2D eigenvalue weighted by Gasteiger charge is 2.20. The van der Waals surface area contributed by atoms with E-state index in [-0.39, 0.29) is 33.0 Å². The predicted molar refractivity (Wildman–Crippen MR) is 127 cm³/mol. The smallest absolute Gasteiger partial charge is 0.130 e. The van der Waals surface area contributed by atoms with Gasteiger partial charge in [-0.3, -0.25) is 0 Å². The highest BCUT2D eigenvalue weighted by molar-refractivity contribution is 6.53. The van der Waals surface area contributed by atoms with Crippen LogP contribution in [0.1, 0.15) is 11.4 Å². The number of pyridine rings is 1. The summed E-state index contributed by atoms with van der Waals surface area (Å²) in [6.07, 6.45) is 3.56. The van der Waals surface area contributed by atoms with E-state index in [1.165, 1.54) is 0 Å². The zero-order chi connectivity index (χ0) is 22.4. The fourth-order valence-corrected chi connectivity index (χ4v) is 3.67. The van der Waals surface area contributed by atoms with Gasteiger partial charge in [-0.25, -0.2) is 9.97 Å². The number of phenols is 2. The maximum Gasteiger partial charge on any atom is 0.130 e. The molecule has 0 amide bonds. The molecule has 0 saturated heterocycles. The van der Waals surface area contributed by atoms with Crippen molar-refractivity contribution in [3.8, 4) is 22.8 Å². The highest BCUT2D eigenvalue weighted by atomic mass is 35.5. The minimum Gasteiger partial charge on any atom is -0.508 e. The zero-order valence-corrected chi connectivity index (χ0v) is 17.7. The van der Waals surface area contributed by atoms with Gasteiger partial charge in [0.1, 0.15) is 38.8 Å². The average molecular weight is 426 g/mol. The number of rotatable bonds is 4. The van der Waals surface area contributed by atoms with Crippen molar-refractivity contribution < 1.29 is 10.2 Å². The molecule has 31 heavy (non-hydrogen) atoms. The summed E-state index contributed by atoms with van der Waals surface area (Å²) in [7, 11) is 13.4. The van der Waals surface area contributed by atoms with E-state index in [2.05, 4.69) is 21.9 Å². The van der Waals surface area contributed by atoms with Crippen molar-refractivity contribution in [2.45, 2.75) is 6.92 Å². The van der Waals surface area contributed by atoms with E-state index in [9.17, 15) is 10.2 Å². The molecule has 0 bridgehead atoms. The number of hydrogen-bond acceptors (Lipinski definition) is 5. The van der Waals surface area contributed by atoms with Crippen LogP contribution in [0.5, 0.6) is 11.5 Å². The van der Waals surface area contributed by atoms with E-state index in [1.807, 2.05) is 49.0 Å². The number of benzene rings is 2. The molecule has 4 radical (unpaired) electrons. The summed E-state index contributed by atoms with van der Waals surface area (Å²) in [6.45, 7) is 5.85. The molecule has 6 nitrogen and oxygen atoms in total. The molecule has 4 aromatic rings. The Morgan fingerprint density at radius 1 is 1.06 bits per heavy atom. The molecular formula is C22H17B2ClN4O2. The van der Waals surface area contributed by atoms with Gasteiger partial charge in [-0.2, -0.15) is 0 Å². The largest absolute Gasteiger partial charge is 0.508 e. The van der Waals surface area contributed by atoms with Gasteiger partial charge < -0.3 is 20.1 Å². The molecule has 2 aromatic heterocycles. The van der Waals surface area contributed by atoms with Crippen LogP contribution in [0.3, 0.4) is 0 Å². The number of halogens is 1. The molecule has 0 fully saturated rings. The van der Waals surface area contributed by atoms with Crippen molar-refractivity contribution in [2.75, 3.05) is 5.32 Å². The second kappa shape index (κ2) is 7.71. The van der Waals surface area contributed by atoms with Gasteiger partial charge in [0.25, 0.3) is 0 Å². The second-order valence-electron chi connectivity index (χ2n) is 7.20. The van der Waals surface area contributed by atoms with Crippen LogP contribution >= 0.6 is 11.6 Å². The van der Waals surface area contributed by atoms with Crippen molar-refractivity contribution in [2.24, 2.45) is 7.05 Å². The SMILES string of the molecule is [B]c1c([B])c(O)c(C(=C)Nc2cc3cc(-c4cnc(C)n4C)ccc3cn2)c(Cl)c1O. The first-order valence-corrected chi connectivity index (χ1v) is 9.70. The number of phenolic OH excluding ortho intramolecular Hbond substituents is 2. The first kappa shape index (κ1) is 20.9. The van der Waals surface area contributed by atoms with E-state index in [4.69, 9.17) is 27.3 Å². The third-order valence-electron chi connectivity index (χ3n) is 5.28. The van der Waals surface area contributed by atoms with Crippen molar-refractivity contribution in [3.63, 3.8) is 0 Å². The number of nitrogens with zero attached hydrogens (tertiary/aromatic N) is 3. The van der Waals surface area contributed by atoms with Crippen LogP contribution in [0.4, 0.5) is 5.82 Å². The van der Waals surface area contributed by atoms with Gasteiger partial charge in [0, 0.05) is 29.9 Å². The normalized spacial score (nSPS) is 11.1. The topological polar surface area (TPSA) is 83.2 Å². The Morgan fingerprint density at radius 2 is 1.77 bits per heavy atom. The van der Waals surface area contributed by atoms with Gasteiger partial charge in [-0.15, -0.1) is 0 Å². The quantitative estimate of drug-likeness (QED) is 0.345. The third kappa shape index (κ3) is 3.53. The second-order valence-corrected chi connectivity index (χ2v) is 7.58. The molecule has 0 atom stereocenters. The summed E-state index contributed by atoms with van der Waals surface area (Å²) in [5.41, 5.74) is 1.90. The van der Waals surface area contributed by atoms with Crippen molar-refractivity contribution in [1.29, 1.82) is 0 Å². The molecule has 0 aliphatic carbocycles. The van der Waals surface area contributed by atoms with Crippen molar-refractivity contribution >= 4 is 60.5 Å². The molecule has 2 aromatic carbocycles. The van der Waals surface area contributed by atoms with E-state index in [0.29, 0.717) is 5.82 Å². The van der Waals surface area contributed by atoms with Crippen LogP contribution in [-0.2, 0) is 7.05 Å². The van der Waals surface area contributed by atoms with Gasteiger partial charge in [0.05, 0.1) is 22.5 Å². The number of aryl methyl sites for hydroxylation is 1. The molecule has 0 saturated carbocycles. The van der Waals surface area contributed by atoms with Gasteiger partial charge >= 0.3 is 0 Å². The first-order chi connectivity index (χ1) is 14.7. The molecule has 4 rings (SSSR count). The Morgan fingerprint density at radius 3 is 2.45 bits per heavy atom. The zero-order valence-electron chi connectivity index (χ0n) is 16.9. The van der Waals surface area contributed by atoms with Gasteiger partial charge in [0.15, 0.2) is 0 Å². The maximum absolute atomic E-state index is 10.4. The number of imidazole rings is 1. The number of aromatic hydroxyl groups is 2. The Kier molecular flexibility index (Phi) is 5.19. The van der Waals surface area contributed by atoms with Crippen LogP contribution in [0.25, 0.3) is 27.7 Å². The lowest BCUT2D eigenvalue weighted by Crippen LogP contribution is -2.27. The Hall–Kier alpha value is -3.38. The fourth-order valence-electron chi connectivity index (χ4n) is 3.36. The van der Waals surface area contributed by atoms with Crippen LogP contribution < -0.4 is 16.2 Å². The van der Waals surface area contributed by atoms with Crippen LogP contribution in [-0.4, -0.2) is 40.4 Å². The summed E-state index contributed by atoms with van der Waals surface area (Å²) >= 11 is 6.16. The molecule has 3 N–H and O–H groups in total. The Labute approximate surface area is 187 Å². The monoisotopic (exact) mass is 426 g/mol. The van der Waals surface area contributed by atoms with E-state index >= 15 is 0 Å². The number of hydrogen-bond donors (Lipinski definition) is 3. The highest BCUT2D eigenvalue weighted by Crippen LogP contribution is 2.35. The summed E-state index contributed by atoms with van der Waals surface area (Å²) in [5, 5.41) is 25.2. The minimum absolute atomic E-state index is 0.0480. The standard InChI is InChI=1S/C22H17B2ClN4O2/c1-10(17-20(25)22(31)19(24)18(23)21(17)30)28-16-7-14-6-12(4-5-13(14)8-27-16)15-9-26-11(2)29(15)3/h4-9,30-31H,1H2,2-3H3,(H,27,28). The molecule has 2 heterocycles. The van der Waals surface area contributed by atoms with E-state index in [0.717, 1.165) is 27.9 Å². The molecule has 0 unspecified atom stereocenters. The first-order valence-electron chi connectivity index (χ1n) is 9.32. The molecular weight excluding hydrogens is 409 g/mol. The van der Waals surface area contributed by atoms with Crippen LogP contribution in [0.15, 0.2) is 43.2 Å². The summed E-state index contributed by atoms with van der Waals surface area (Å²) in [4.78, 5) is 8.74. The molecule has 0 aliphatic heterocycles. The summed E-state index contributed by atoms with van der Waals surface area (Å²) < 4.78 is 2.02. The maximum atomic E-state index is 10.4. The lowest BCUT2D eigenvalue weighted by Gasteiger charge is -2.18. The Balaban J connectivity index is 1.71. The van der Waals surface area contributed by atoms with Gasteiger partial charge in [-0.1, -0.05) is 41.2 Å². The van der Waals surface area contributed by atoms with Gasteiger partial charge in [0.2, 0.25) is 0 Å². The fraction of sp³-hybridized carbons (Fsp3) is 0.0909. The molecule has 0 spiro atoms. The van der Waals surface area contributed by atoms with Gasteiger partial charge in [-0.05, 0) is 24.4 Å². The summed E-state index contributed by atoms with van der Waals surface area (Å²) in [6, 6.07) is 7.89.